The molecular formula is C22H29N3O7S. The third-order valence-corrected chi connectivity index (χ3v) is 6.30. The fourth-order valence-corrected chi connectivity index (χ4v) is 4.14. The second-order valence-electron chi connectivity index (χ2n) is 8.54. The topological polar surface area (TPSA) is 153 Å². The molecule has 0 aromatic heterocycles. The molecule has 11 heteroatoms. The number of aliphatic carboxylic acids is 1. The van der Waals surface area contributed by atoms with Gasteiger partial charge in [0.15, 0.2) is 0 Å². The Bertz CT molecular complexity index is 1070. The molecule has 1 aromatic carbocycles. The lowest BCUT2D eigenvalue weighted by atomic mass is 9.93. The number of aliphatic hydroxyl groups is 1. The summed E-state index contributed by atoms with van der Waals surface area (Å²) in [6, 6.07) is 5.93. The Morgan fingerprint density at radius 3 is 2.30 bits per heavy atom. The number of allylic oxidation sites excluding steroid dienone is 2. The van der Waals surface area contributed by atoms with Crippen LogP contribution in [0.3, 0.4) is 0 Å². The summed E-state index contributed by atoms with van der Waals surface area (Å²) in [6.07, 6.45) is 3.05. The first-order valence-corrected chi connectivity index (χ1v) is 11.7. The lowest BCUT2D eigenvalue weighted by molar-refractivity contribution is -0.135. The zero-order valence-corrected chi connectivity index (χ0v) is 19.6. The molecule has 2 amide bonds. The van der Waals surface area contributed by atoms with Crippen LogP contribution in [-0.2, 0) is 30.8 Å². The molecule has 0 saturated heterocycles. The van der Waals surface area contributed by atoms with Crippen molar-refractivity contribution in [2.75, 3.05) is 26.2 Å². The number of hydrogen-bond acceptors (Lipinski definition) is 7. The summed E-state index contributed by atoms with van der Waals surface area (Å²) in [5, 5.41) is 21.6. The van der Waals surface area contributed by atoms with Gasteiger partial charge in [0, 0.05) is 44.2 Å². The second-order valence-corrected chi connectivity index (χ2v) is 10.2. The van der Waals surface area contributed by atoms with E-state index in [1.165, 1.54) is 36.1 Å². The fraction of sp³-hybridized carbons (Fsp3) is 0.409. The van der Waals surface area contributed by atoms with Gasteiger partial charge in [0.2, 0.25) is 5.91 Å². The number of nitrogens with zero attached hydrogens (tertiary/aromatic N) is 1. The summed E-state index contributed by atoms with van der Waals surface area (Å²) in [7, 11) is -4.15. The number of aliphatic hydroxyl groups excluding tert-OH is 1. The number of carboxylic acid groups (broad SMARTS) is 1. The first-order chi connectivity index (χ1) is 15.3. The number of amides is 2. The minimum Gasteiger partial charge on any atom is -0.477 e. The van der Waals surface area contributed by atoms with Crippen molar-refractivity contribution in [3.05, 3.63) is 53.3 Å². The molecule has 1 aliphatic heterocycles. The first-order valence-electron chi connectivity index (χ1n) is 10.2. The Hall–Kier alpha value is -3.18. The number of carbonyl (C=O) groups excluding carboxylic acids is 2. The van der Waals surface area contributed by atoms with Gasteiger partial charge in [0.25, 0.3) is 15.9 Å². The number of sulfonamides is 1. The van der Waals surface area contributed by atoms with Gasteiger partial charge < -0.3 is 20.4 Å². The maximum absolute atomic E-state index is 12.7. The zero-order valence-electron chi connectivity index (χ0n) is 18.8. The van der Waals surface area contributed by atoms with Gasteiger partial charge in [0.05, 0.1) is 4.90 Å². The van der Waals surface area contributed by atoms with Crippen molar-refractivity contribution in [2.24, 2.45) is 5.41 Å². The molecule has 0 saturated carbocycles. The first kappa shape index (κ1) is 26.1. The van der Waals surface area contributed by atoms with Gasteiger partial charge in [-0.15, -0.1) is 0 Å². The number of benzene rings is 1. The van der Waals surface area contributed by atoms with E-state index in [1.807, 2.05) is 4.72 Å². The van der Waals surface area contributed by atoms with Crippen molar-refractivity contribution in [3.63, 3.8) is 0 Å². The summed E-state index contributed by atoms with van der Waals surface area (Å²) < 4.78 is 27.3. The Morgan fingerprint density at radius 2 is 1.76 bits per heavy atom. The molecule has 33 heavy (non-hydrogen) atoms. The highest BCUT2D eigenvalue weighted by Crippen LogP contribution is 2.23. The van der Waals surface area contributed by atoms with Crippen LogP contribution in [0.5, 0.6) is 0 Å². The number of carboxylic acids is 1. The minimum atomic E-state index is -4.15. The van der Waals surface area contributed by atoms with Crippen LogP contribution in [0.25, 0.3) is 0 Å². The summed E-state index contributed by atoms with van der Waals surface area (Å²) in [5.41, 5.74) is 0.203. The number of carbonyl (C=O) groups is 3. The molecule has 4 N–H and O–H groups in total. The van der Waals surface area contributed by atoms with Gasteiger partial charge in [-0.1, -0.05) is 26.0 Å². The third-order valence-electron chi connectivity index (χ3n) is 4.95. The SMILES string of the molecule is CC(=O)NCCc1ccc(S(=O)(=O)NC(=O)C2=CC=C(C(=O)O)N(CC(C)(C)CO)C2)cc1. The Kier molecular flexibility index (Phi) is 8.39. The number of hydrogen-bond donors (Lipinski definition) is 4. The number of rotatable bonds is 10. The largest absolute Gasteiger partial charge is 0.477 e. The van der Waals surface area contributed by atoms with Gasteiger partial charge in [-0.3, -0.25) is 9.59 Å². The Balaban J connectivity index is 2.12. The zero-order chi connectivity index (χ0) is 24.8. The summed E-state index contributed by atoms with van der Waals surface area (Å²) in [5.74, 6) is -2.21. The highest BCUT2D eigenvalue weighted by molar-refractivity contribution is 7.90. The van der Waals surface area contributed by atoms with Gasteiger partial charge in [-0.05, 0) is 36.3 Å². The third kappa shape index (κ3) is 7.43. The lowest BCUT2D eigenvalue weighted by Crippen LogP contribution is -2.43. The van der Waals surface area contributed by atoms with E-state index in [0.29, 0.717) is 13.0 Å². The average molecular weight is 480 g/mol. The van der Waals surface area contributed by atoms with Crippen LogP contribution < -0.4 is 10.0 Å². The molecule has 0 aliphatic carbocycles. The van der Waals surface area contributed by atoms with Crippen molar-refractivity contribution in [1.82, 2.24) is 14.9 Å². The van der Waals surface area contributed by atoms with E-state index >= 15 is 0 Å². The predicted octanol–water partition coefficient (Wildman–Crippen LogP) is 0.399. The Labute approximate surface area is 193 Å². The molecule has 0 fully saturated rings. The molecule has 2 rings (SSSR count). The van der Waals surface area contributed by atoms with E-state index in [0.717, 1.165) is 5.56 Å². The summed E-state index contributed by atoms with van der Waals surface area (Å²) >= 11 is 0. The van der Waals surface area contributed by atoms with Gasteiger partial charge in [-0.2, -0.15) is 0 Å². The predicted molar refractivity (Wildman–Crippen MR) is 120 cm³/mol. The fourth-order valence-electron chi connectivity index (χ4n) is 3.15. The number of nitrogens with one attached hydrogen (secondary N) is 2. The lowest BCUT2D eigenvalue weighted by Gasteiger charge is -2.35. The molecule has 1 aromatic rings. The van der Waals surface area contributed by atoms with Gasteiger partial charge in [0.1, 0.15) is 5.70 Å². The average Bonchev–Trinajstić information content (AvgIpc) is 2.73. The molecule has 0 spiro atoms. The molecule has 0 bridgehead atoms. The van der Waals surface area contributed by atoms with Crippen LogP contribution in [0.4, 0.5) is 0 Å². The van der Waals surface area contributed by atoms with E-state index in [9.17, 15) is 33.0 Å². The molecule has 0 radical (unpaired) electrons. The maximum atomic E-state index is 12.7. The van der Waals surface area contributed by atoms with Crippen molar-refractivity contribution < 1.29 is 33.0 Å². The summed E-state index contributed by atoms with van der Waals surface area (Å²) in [4.78, 5) is 36.4. The van der Waals surface area contributed by atoms with E-state index in [4.69, 9.17) is 0 Å². The van der Waals surface area contributed by atoms with Crippen LogP contribution in [0, 0.1) is 5.41 Å². The molecule has 0 atom stereocenters. The van der Waals surface area contributed by atoms with E-state index in [1.54, 1.807) is 26.0 Å². The minimum absolute atomic E-state index is 0.0502. The smallest absolute Gasteiger partial charge is 0.352 e. The van der Waals surface area contributed by atoms with Crippen LogP contribution in [-0.4, -0.2) is 67.6 Å². The molecule has 0 unspecified atom stereocenters. The van der Waals surface area contributed by atoms with Crippen molar-refractivity contribution >= 4 is 27.8 Å². The van der Waals surface area contributed by atoms with Crippen LogP contribution >= 0.6 is 0 Å². The Morgan fingerprint density at radius 1 is 1.12 bits per heavy atom. The van der Waals surface area contributed by atoms with Gasteiger partial charge >= 0.3 is 5.97 Å². The van der Waals surface area contributed by atoms with Crippen molar-refractivity contribution in [2.45, 2.75) is 32.1 Å². The monoisotopic (exact) mass is 479 g/mol. The quantitative estimate of drug-likeness (QED) is 0.376. The van der Waals surface area contributed by atoms with E-state index < -0.39 is 27.3 Å². The molecule has 180 valence electrons. The summed E-state index contributed by atoms with van der Waals surface area (Å²) in [6.45, 7) is 5.15. The van der Waals surface area contributed by atoms with Crippen molar-refractivity contribution in [3.8, 4) is 0 Å². The van der Waals surface area contributed by atoms with E-state index in [-0.39, 0.29) is 41.8 Å². The normalized spacial score (nSPS) is 14.2. The van der Waals surface area contributed by atoms with Crippen LogP contribution in [0.2, 0.25) is 0 Å². The van der Waals surface area contributed by atoms with Crippen LogP contribution in [0.15, 0.2) is 52.6 Å². The molecule has 1 aliphatic rings. The van der Waals surface area contributed by atoms with Gasteiger partial charge in [-0.25, -0.2) is 17.9 Å². The molecule has 10 nitrogen and oxygen atoms in total. The van der Waals surface area contributed by atoms with Crippen molar-refractivity contribution in [1.29, 1.82) is 0 Å². The van der Waals surface area contributed by atoms with E-state index in [2.05, 4.69) is 5.32 Å². The molecule has 1 heterocycles. The highest BCUT2D eigenvalue weighted by atomic mass is 32.2. The maximum Gasteiger partial charge on any atom is 0.352 e. The van der Waals surface area contributed by atoms with Crippen LogP contribution in [0.1, 0.15) is 26.3 Å². The molecular weight excluding hydrogens is 450 g/mol. The highest BCUT2D eigenvalue weighted by Gasteiger charge is 2.30. The standard InChI is InChI=1S/C22H29N3O7S/c1-15(27)23-11-10-16-4-7-18(8-5-16)33(31,32)24-20(28)17-6-9-19(21(29)30)25(12-17)13-22(2,3)14-26/h4-9,26H,10-14H2,1-3H3,(H,23,27)(H,24,28)(H,29,30). The second kappa shape index (κ2) is 10.6.